The van der Waals surface area contributed by atoms with Crippen molar-refractivity contribution < 1.29 is 19.0 Å². The van der Waals surface area contributed by atoms with Gasteiger partial charge in [0.2, 0.25) is 0 Å². The van der Waals surface area contributed by atoms with Crippen molar-refractivity contribution in [1.29, 1.82) is 0 Å². The highest BCUT2D eigenvalue weighted by Crippen LogP contribution is 2.69. The van der Waals surface area contributed by atoms with Crippen LogP contribution < -0.4 is 9.47 Å². The Balaban J connectivity index is 0.00000228. The second-order valence-electron chi connectivity index (χ2n) is 9.93. The van der Waals surface area contributed by atoms with E-state index in [9.17, 15) is 4.79 Å². The first-order valence-electron chi connectivity index (χ1n) is 11.8. The molecule has 33 heavy (non-hydrogen) atoms. The molecule has 0 aromatic heterocycles. The number of methoxy groups -OCH3 is 2. The molecule has 0 radical (unpaired) electrons. The normalized spacial score (nSPS) is 33.7. The molecule has 2 bridgehead atoms. The molecule has 2 aliphatic heterocycles. The summed E-state index contributed by atoms with van der Waals surface area (Å²) in [5, 5.41) is 0. The van der Waals surface area contributed by atoms with Gasteiger partial charge in [-0.15, -0.1) is 17.0 Å². The Labute approximate surface area is 206 Å². The van der Waals surface area contributed by atoms with Crippen LogP contribution in [0.4, 0.5) is 0 Å². The summed E-state index contributed by atoms with van der Waals surface area (Å²) < 4.78 is 18.9. The molecule has 176 valence electrons. The number of ketones is 1. The summed E-state index contributed by atoms with van der Waals surface area (Å²) in [6.07, 6.45) is 3.99. The number of carbonyl (C=O) groups excluding carboxylic acids is 1. The fourth-order valence-corrected chi connectivity index (χ4v) is 7.58. The van der Waals surface area contributed by atoms with Gasteiger partial charge in [-0.2, -0.15) is 0 Å². The third-order valence-electron chi connectivity index (χ3n) is 9.01. The van der Waals surface area contributed by atoms with Crippen molar-refractivity contribution in [3.05, 3.63) is 59.2 Å². The molecule has 2 aromatic rings. The zero-order valence-corrected chi connectivity index (χ0v) is 21.3. The maximum atomic E-state index is 13.5. The fourth-order valence-electron chi connectivity index (χ4n) is 7.58. The maximum absolute atomic E-state index is 13.5. The van der Waals surface area contributed by atoms with Crippen molar-refractivity contribution in [3.8, 4) is 11.5 Å². The number of ether oxygens (including phenoxy) is 3. The molecular formula is C27H32BrNO4. The minimum Gasteiger partial charge on any atom is -0.493 e. The minimum atomic E-state index is -0.919. The molecule has 1 saturated carbocycles. The first-order valence-corrected chi connectivity index (χ1v) is 11.8. The molecule has 4 aliphatic rings. The van der Waals surface area contributed by atoms with Gasteiger partial charge in [-0.1, -0.05) is 36.4 Å². The van der Waals surface area contributed by atoms with Crippen molar-refractivity contribution >= 4 is 22.8 Å². The summed E-state index contributed by atoms with van der Waals surface area (Å²) in [7, 11) is 3.52. The van der Waals surface area contributed by atoms with Gasteiger partial charge in [0, 0.05) is 31.7 Å². The predicted octanol–water partition coefficient (Wildman–Crippen LogP) is 4.28. The number of piperidine rings is 1. The Morgan fingerprint density at radius 3 is 2.64 bits per heavy atom. The summed E-state index contributed by atoms with van der Waals surface area (Å²) in [6, 6.07) is 15.1. The van der Waals surface area contributed by atoms with Gasteiger partial charge in [-0.05, 0) is 56.3 Å². The number of hydrogen-bond acceptors (Lipinski definition) is 5. The van der Waals surface area contributed by atoms with Gasteiger partial charge in [0.05, 0.1) is 18.1 Å². The number of rotatable bonds is 5. The lowest BCUT2D eigenvalue weighted by Gasteiger charge is -2.66. The summed E-state index contributed by atoms with van der Waals surface area (Å²) in [5.41, 5.74) is 1.96. The number of hydrogen-bond donors (Lipinski definition) is 0. The first kappa shape index (κ1) is 22.9. The van der Waals surface area contributed by atoms with Gasteiger partial charge in [0.15, 0.2) is 22.9 Å². The van der Waals surface area contributed by atoms with Gasteiger partial charge in [0.1, 0.15) is 0 Å². The molecule has 5 nitrogen and oxygen atoms in total. The number of Topliss-reactive ketones (excluding diaryl/α,β-unsaturated/α-hetero) is 1. The Morgan fingerprint density at radius 1 is 1.12 bits per heavy atom. The van der Waals surface area contributed by atoms with E-state index in [4.69, 9.17) is 14.2 Å². The van der Waals surface area contributed by atoms with Gasteiger partial charge in [-0.25, -0.2) is 0 Å². The van der Waals surface area contributed by atoms with Gasteiger partial charge in [-0.3, -0.25) is 9.69 Å². The Morgan fingerprint density at radius 2 is 1.91 bits per heavy atom. The summed E-state index contributed by atoms with van der Waals surface area (Å²) in [6.45, 7) is 3.93. The SMILES string of the molecule is Br.COc1ccc2c3c1O[C@@]1(C)C(=O)CC[C@@]4(OC)[C@@H](C2)N(CCc2ccccc2)CC[C@]314. The second-order valence-corrected chi connectivity index (χ2v) is 9.93. The largest absolute Gasteiger partial charge is 0.493 e. The van der Waals surface area contributed by atoms with Crippen molar-refractivity contribution in [2.45, 2.75) is 61.7 Å². The van der Waals surface area contributed by atoms with Crippen LogP contribution >= 0.6 is 17.0 Å². The van der Waals surface area contributed by atoms with Crippen LogP contribution in [0.3, 0.4) is 0 Å². The van der Waals surface area contributed by atoms with E-state index in [0.29, 0.717) is 6.42 Å². The van der Waals surface area contributed by atoms with Crippen LogP contribution in [0.1, 0.15) is 42.9 Å². The van der Waals surface area contributed by atoms with E-state index in [2.05, 4.69) is 41.3 Å². The van der Waals surface area contributed by atoms with Gasteiger partial charge < -0.3 is 14.2 Å². The maximum Gasteiger partial charge on any atom is 0.177 e. The van der Waals surface area contributed by atoms with Crippen LogP contribution in [0.25, 0.3) is 0 Å². The van der Waals surface area contributed by atoms with E-state index in [0.717, 1.165) is 50.3 Å². The molecule has 2 aliphatic carbocycles. The van der Waals surface area contributed by atoms with Crippen LogP contribution in [-0.2, 0) is 27.8 Å². The molecule has 4 atom stereocenters. The number of halogens is 1. The number of benzene rings is 2. The average molecular weight is 514 g/mol. The van der Waals surface area contributed by atoms with E-state index in [-0.39, 0.29) is 28.8 Å². The second kappa shape index (κ2) is 7.82. The van der Waals surface area contributed by atoms with Crippen LogP contribution in [0, 0.1) is 0 Å². The average Bonchev–Trinajstić information content (AvgIpc) is 3.10. The smallest absolute Gasteiger partial charge is 0.177 e. The molecule has 2 fully saturated rings. The molecule has 6 rings (SSSR count). The molecule has 2 heterocycles. The third kappa shape index (κ3) is 2.69. The quantitative estimate of drug-likeness (QED) is 0.596. The lowest BCUT2D eigenvalue weighted by molar-refractivity contribution is -0.220. The standard InChI is InChI=1S/C27H31NO4.BrH/c1-25-22(29)11-13-27(31-3)21-17-19-9-10-20(30-2)24(32-25)23(19)26(25,27)14-16-28(21)15-12-18-7-5-4-6-8-18;/h4-10,21H,11-17H2,1-3H3;1H/t21-,25+,26+,27-;/m1./s1. The Kier molecular flexibility index (Phi) is 5.42. The van der Waals surface area contributed by atoms with E-state index in [1.165, 1.54) is 16.7 Å². The summed E-state index contributed by atoms with van der Waals surface area (Å²) >= 11 is 0. The van der Waals surface area contributed by atoms with Crippen LogP contribution in [0.5, 0.6) is 11.5 Å². The fraction of sp³-hybridized carbons (Fsp3) is 0.519. The number of likely N-dealkylation sites (tertiary alicyclic amines) is 1. The Hall–Kier alpha value is -1.89. The first-order chi connectivity index (χ1) is 15.5. The Bertz CT molecular complexity index is 1090. The highest BCUT2D eigenvalue weighted by atomic mass is 79.9. The number of nitrogens with zero attached hydrogens (tertiary/aromatic N) is 1. The van der Waals surface area contributed by atoms with Crippen molar-refractivity contribution in [2.24, 2.45) is 0 Å². The van der Waals surface area contributed by atoms with Gasteiger partial charge in [0.25, 0.3) is 0 Å². The van der Waals surface area contributed by atoms with Crippen LogP contribution in [-0.4, -0.2) is 55.2 Å². The zero-order valence-electron chi connectivity index (χ0n) is 19.6. The molecule has 0 unspecified atom stereocenters. The van der Waals surface area contributed by atoms with Crippen molar-refractivity contribution in [3.63, 3.8) is 0 Å². The molecule has 1 saturated heterocycles. The summed E-state index contributed by atoms with van der Waals surface area (Å²) in [5.74, 6) is 1.67. The molecule has 2 aromatic carbocycles. The highest BCUT2D eigenvalue weighted by molar-refractivity contribution is 8.93. The molecule has 0 N–H and O–H groups in total. The van der Waals surface area contributed by atoms with E-state index >= 15 is 0 Å². The van der Waals surface area contributed by atoms with Crippen molar-refractivity contribution in [1.82, 2.24) is 4.90 Å². The van der Waals surface area contributed by atoms with Crippen molar-refractivity contribution in [2.75, 3.05) is 27.3 Å². The topological polar surface area (TPSA) is 48.0 Å². The van der Waals surface area contributed by atoms with E-state index < -0.39 is 16.6 Å². The third-order valence-corrected chi connectivity index (χ3v) is 9.01. The lowest BCUT2D eigenvalue weighted by atomic mass is 9.45. The summed E-state index contributed by atoms with van der Waals surface area (Å²) in [4.78, 5) is 16.1. The zero-order chi connectivity index (χ0) is 22.1. The lowest BCUT2D eigenvalue weighted by Crippen LogP contribution is -2.80. The molecule has 6 heteroatoms. The van der Waals surface area contributed by atoms with E-state index in [1.807, 2.05) is 20.1 Å². The minimum absolute atomic E-state index is 0. The molecular weight excluding hydrogens is 482 g/mol. The molecule has 1 spiro atoms. The monoisotopic (exact) mass is 513 g/mol. The van der Waals surface area contributed by atoms with E-state index in [1.54, 1.807) is 7.11 Å². The number of carbonyl (C=O) groups is 1. The predicted molar refractivity (Wildman–Crippen MR) is 132 cm³/mol. The molecule has 0 amide bonds. The van der Waals surface area contributed by atoms with Crippen LogP contribution in [0.15, 0.2) is 42.5 Å². The van der Waals surface area contributed by atoms with Crippen LogP contribution in [0.2, 0.25) is 0 Å². The van der Waals surface area contributed by atoms with Gasteiger partial charge >= 0.3 is 0 Å². The highest BCUT2D eigenvalue weighted by Gasteiger charge is 2.78.